The normalized spacial score (nSPS) is 12.8. The summed E-state index contributed by atoms with van der Waals surface area (Å²) in [4.78, 5) is 0. The van der Waals surface area contributed by atoms with E-state index in [0.717, 1.165) is 7.57 Å². The fourth-order valence-electron chi connectivity index (χ4n) is 1.43. The van der Waals surface area contributed by atoms with E-state index < -0.39 is 6.10 Å². The van der Waals surface area contributed by atoms with Crippen molar-refractivity contribution >= 4 is 59.1 Å². The molecular formula is C11H6Br3FOS. The van der Waals surface area contributed by atoms with Crippen LogP contribution in [0.25, 0.3) is 0 Å². The standard InChI is InChI=1S/C11H6Br3FOS/c12-8-2-1-5(15)3-6(8)10(16)7-4-9(13)17-11(7)14/h1-4,10,16H. The van der Waals surface area contributed by atoms with E-state index in [1.165, 1.54) is 23.5 Å². The van der Waals surface area contributed by atoms with E-state index >= 15 is 0 Å². The van der Waals surface area contributed by atoms with Crippen molar-refractivity contribution in [1.82, 2.24) is 0 Å². The van der Waals surface area contributed by atoms with Crippen LogP contribution < -0.4 is 0 Å². The molecule has 17 heavy (non-hydrogen) atoms. The average molecular weight is 445 g/mol. The molecule has 1 aromatic heterocycles. The fraction of sp³-hybridized carbons (Fsp3) is 0.0909. The maximum Gasteiger partial charge on any atom is 0.123 e. The predicted molar refractivity (Wildman–Crippen MR) is 77.9 cm³/mol. The topological polar surface area (TPSA) is 20.2 Å². The van der Waals surface area contributed by atoms with Crippen molar-refractivity contribution in [2.24, 2.45) is 0 Å². The number of hydrogen-bond acceptors (Lipinski definition) is 2. The lowest BCUT2D eigenvalue weighted by Crippen LogP contribution is -2.00. The summed E-state index contributed by atoms with van der Waals surface area (Å²) in [6.07, 6.45) is -0.864. The highest BCUT2D eigenvalue weighted by Crippen LogP contribution is 2.39. The van der Waals surface area contributed by atoms with Gasteiger partial charge >= 0.3 is 0 Å². The van der Waals surface area contributed by atoms with Crippen LogP contribution in [0.3, 0.4) is 0 Å². The molecule has 0 radical (unpaired) electrons. The molecule has 0 spiro atoms. The van der Waals surface area contributed by atoms with E-state index in [1.54, 1.807) is 6.07 Å². The molecule has 1 N–H and O–H groups in total. The van der Waals surface area contributed by atoms with Crippen LogP contribution in [0.15, 0.2) is 36.3 Å². The summed E-state index contributed by atoms with van der Waals surface area (Å²) in [5.74, 6) is -0.368. The van der Waals surface area contributed by atoms with Gasteiger partial charge in [-0.15, -0.1) is 11.3 Å². The highest BCUT2D eigenvalue weighted by Gasteiger charge is 2.19. The smallest absolute Gasteiger partial charge is 0.123 e. The zero-order valence-corrected chi connectivity index (χ0v) is 13.8. The second-order valence-corrected chi connectivity index (χ2v) is 7.95. The van der Waals surface area contributed by atoms with Gasteiger partial charge < -0.3 is 5.11 Å². The van der Waals surface area contributed by atoms with Crippen molar-refractivity contribution in [2.75, 3.05) is 0 Å². The zero-order valence-electron chi connectivity index (χ0n) is 8.25. The maximum atomic E-state index is 13.2. The molecule has 1 unspecified atom stereocenters. The Morgan fingerprint density at radius 3 is 2.41 bits per heavy atom. The molecule has 0 saturated heterocycles. The molecule has 0 bridgehead atoms. The van der Waals surface area contributed by atoms with Crippen LogP contribution in [0.4, 0.5) is 4.39 Å². The molecule has 90 valence electrons. The van der Waals surface area contributed by atoms with Gasteiger partial charge in [0, 0.05) is 15.6 Å². The Morgan fingerprint density at radius 1 is 1.12 bits per heavy atom. The monoisotopic (exact) mass is 442 g/mol. The Balaban J connectivity index is 2.46. The number of aliphatic hydroxyl groups is 1. The lowest BCUT2D eigenvalue weighted by Gasteiger charge is -2.12. The quantitative estimate of drug-likeness (QED) is 0.670. The van der Waals surface area contributed by atoms with E-state index in [0.29, 0.717) is 15.6 Å². The van der Waals surface area contributed by atoms with Crippen LogP contribution in [-0.2, 0) is 0 Å². The number of halogens is 4. The summed E-state index contributed by atoms with van der Waals surface area (Å²) >= 11 is 11.5. The Bertz CT molecular complexity index is 556. The minimum absolute atomic E-state index is 0.368. The molecule has 1 atom stereocenters. The predicted octanol–water partition coefficient (Wildman–Crippen LogP) is 5.26. The first-order chi connectivity index (χ1) is 7.99. The molecule has 0 aliphatic rings. The Morgan fingerprint density at radius 2 is 1.82 bits per heavy atom. The van der Waals surface area contributed by atoms with Gasteiger partial charge in [0.1, 0.15) is 11.9 Å². The van der Waals surface area contributed by atoms with E-state index in [9.17, 15) is 9.50 Å². The van der Waals surface area contributed by atoms with Crippen LogP contribution in [0.5, 0.6) is 0 Å². The van der Waals surface area contributed by atoms with Crippen molar-refractivity contribution in [3.05, 3.63) is 53.3 Å². The molecular weight excluding hydrogens is 439 g/mol. The second-order valence-electron chi connectivity index (χ2n) is 3.35. The SMILES string of the molecule is OC(c1cc(F)ccc1Br)c1cc(Br)sc1Br. The van der Waals surface area contributed by atoms with Gasteiger partial charge in [0.05, 0.1) is 7.57 Å². The van der Waals surface area contributed by atoms with E-state index in [-0.39, 0.29) is 5.82 Å². The van der Waals surface area contributed by atoms with Crippen molar-refractivity contribution in [3.63, 3.8) is 0 Å². The summed E-state index contributed by atoms with van der Waals surface area (Å²) in [7, 11) is 0. The van der Waals surface area contributed by atoms with Crippen molar-refractivity contribution in [3.8, 4) is 0 Å². The van der Waals surface area contributed by atoms with Crippen molar-refractivity contribution < 1.29 is 9.50 Å². The van der Waals surface area contributed by atoms with Gasteiger partial charge in [-0.05, 0) is 56.1 Å². The maximum absolute atomic E-state index is 13.2. The summed E-state index contributed by atoms with van der Waals surface area (Å²) in [5, 5.41) is 10.3. The lowest BCUT2D eigenvalue weighted by atomic mass is 10.0. The third kappa shape index (κ3) is 2.98. The Hall–Kier alpha value is 0.250. The van der Waals surface area contributed by atoms with E-state index in [1.807, 2.05) is 6.07 Å². The summed E-state index contributed by atoms with van der Waals surface area (Å²) < 4.78 is 15.6. The summed E-state index contributed by atoms with van der Waals surface area (Å²) in [6.45, 7) is 0. The fourth-order valence-corrected chi connectivity index (χ4v) is 4.78. The van der Waals surface area contributed by atoms with Crippen molar-refractivity contribution in [2.45, 2.75) is 6.10 Å². The summed E-state index contributed by atoms with van der Waals surface area (Å²) in [6, 6.07) is 6.08. The highest BCUT2D eigenvalue weighted by atomic mass is 79.9. The second kappa shape index (κ2) is 5.48. The largest absolute Gasteiger partial charge is 0.384 e. The number of aliphatic hydroxyl groups excluding tert-OH is 1. The number of thiophene rings is 1. The van der Waals surface area contributed by atoms with E-state index in [2.05, 4.69) is 47.8 Å². The molecule has 1 aromatic carbocycles. The van der Waals surface area contributed by atoms with Crippen LogP contribution >= 0.6 is 59.1 Å². The third-order valence-corrected chi connectivity index (χ3v) is 5.34. The van der Waals surface area contributed by atoms with Crippen LogP contribution in [0, 0.1) is 5.82 Å². The van der Waals surface area contributed by atoms with Gasteiger partial charge in [-0.3, -0.25) is 0 Å². The van der Waals surface area contributed by atoms with Crippen LogP contribution in [-0.4, -0.2) is 5.11 Å². The molecule has 2 aromatic rings. The minimum Gasteiger partial charge on any atom is -0.384 e. The van der Waals surface area contributed by atoms with Crippen molar-refractivity contribution in [1.29, 1.82) is 0 Å². The molecule has 0 fully saturated rings. The first-order valence-electron chi connectivity index (χ1n) is 4.57. The van der Waals surface area contributed by atoms with Gasteiger partial charge in [-0.25, -0.2) is 4.39 Å². The average Bonchev–Trinajstić information content (AvgIpc) is 2.60. The van der Waals surface area contributed by atoms with Gasteiger partial charge in [0.2, 0.25) is 0 Å². The van der Waals surface area contributed by atoms with Crippen LogP contribution in [0.2, 0.25) is 0 Å². The molecule has 0 amide bonds. The highest BCUT2D eigenvalue weighted by molar-refractivity contribution is 9.12. The molecule has 6 heteroatoms. The minimum atomic E-state index is -0.864. The molecule has 2 rings (SSSR count). The number of hydrogen-bond donors (Lipinski definition) is 1. The van der Waals surface area contributed by atoms with Gasteiger partial charge in [0.25, 0.3) is 0 Å². The van der Waals surface area contributed by atoms with Gasteiger partial charge in [0.15, 0.2) is 0 Å². The number of benzene rings is 1. The first-order valence-corrected chi connectivity index (χ1v) is 7.76. The molecule has 1 heterocycles. The molecule has 0 saturated carbocycles. The van der Waals surface area contributed by atoms with Gasteiger partial charge in [-0.2, -0.15) is 0 Å². The Labute approximate surface area is 127 Å². The Kier molecular flexibility index (Phi) is 4.41. The van der Waals surface area contributed by atoms with E-state index in [4.69, 9.17) is 0 Å². The van der Waals surface area contributed by atoms with Crippen LogP contribution in [0.1, 0.15) is 17.2 Å². The first kappa shape index (κ1) is 13.7. The third-order valence-electron chi connectivity index (χ3n) is 2.23. The zero-order chi connectivity index (χ0) is 12.6. The summed E-state index contributed by atoms with van der Waals surface area (Å²) in [5.41, 5.74) is 1.23. The lowest BCUT2D eigenvalue weighted by molar-refractivity contribution is 0.219. The molecule has 0 aliphatic carbocycles. The molecule has 1 nitrogen and oxygen atoms in total. The molecule has 0 aliphatic heterocycles. The van der Waals surface area contributed by atoms with Gasteiger partial charge in [-0.1, -0.05) is 15.9 Å². The number of rotatable bonds is 2.